The molecule has 1 rings (SSSR count). The fourth-order valence-electron chi connectivity index (χ4n) is 1.86. The van der Waals surface area contributed by atoms with Gasteiger partial charge in [-0.1, -0.05) is 38.1 Å². The maximum absolute atomic E-state index is 12.0. The molecule has 3 heteroatoms. The van der Waals surface area contributed by atoms with Crippen LogP contribution >= 0.6 is 0 Å². The quantitative estimate of drug-likeness (QED) is 0.727. The van der Waals surface area contributed by atoms with Crippen LogP contribution < -0.4 is 0 Å². The largest absolute Gasteiger partial charge is 0.223 e. The lowest BCUT2D eigenvalue weighted by Gasteiger charge is -2.12. The maximum Gasteiger partial charge on any atom is 0.180 e. The third kappa shape index (κ3) is 4.20. The average Bonchev–Trinajstić information content (AvgIpc) is 2.39. The molecule has 0 aliphatic heterocycles. The SMILES string of the molecule is CC/C=C\CC(C)c1ccc(S(=O)(=O)C(C)C)cc1. The van der Waals surface area contributed by atoms with E-state index in [1.807, 2.05) is 12.1 Å². The normalized spacial score (nSPS) is 14.2. The fourth-order valence-corrected chi connectivity index (χ4v) is 2.92. The fraction of sp³-hybridized carbons (Fsp3) is 0.500. The second kappa shape index (κ2) is 6.90. The van der Waals surface area contributed by atoms with E-state index in [2.05, 4.69) is 26.0 Å². The Morgan fingerprint density at radius 2 is 1.63 bits per heavy atom. The van der Waals surface area contributed by atoms with Crippen molar-refractivity contribution in [1.29, 1.82) is 0 Å². The molecule has 0 fully saturated rings. The molecule has 19 heavy (non-hydrogen) atoms. The molecule has 0 heterocycles. The predicted molar refractivity (Wildman–Crippen MR) is 81.2 cm³/mol. The summed E-state index contributed by atoms with van der Waals surface area (Å²) in [7, 11) is -3.15. The number of hydrogen-bond donors (Lipinski definition) is 0. The second-order valence-corrected chi connectivity index (χ2v) is 7.68. The maximum atomic E-state index is 12.0. The molecule has 0 bridgehead atoms. The van der Waals surface area contributed by atoms with Gasteiger partial charge in [-0.2, -0.15) is 0 Å². The minimum absolute atomic E-state index is 0.372. The van der Waals surface area contributed by atoms with Crippen molar-refractivity contribution in [2.24, 2.45) is 0 Å². The molecule has 0 aliphatic carbocycles. The molecule has 0 saturated heterocycles. The molecule has 0 saturated carbocycles. The summed E-state index contributed by atoms with van der Waals surface area (Å²) < 4.78 is 24.0. The third-order valence-electron chi connectivity index (χ3n) is 3.29. The van der Waals surface area contributed by atoms with Crippen molar-refractivity contribution < 1.29 is 8.42 Å². The molecule has 1 aromatic rings. The van der Waals surface area contributed by atoms with Gasteiger partial charge < -0.3 is 0 Å². The van der Waals surface area contributed by atoms with Gasteiger partial charge in [0, 0.05) is 0 Å². The minimum Gasteiger partial charge on any atom is -0.223 e. The Hall–Kier alpha value is -1.09. The van der Waals surface area contributed by atoms with Crippen LogP contribution in [0.25, 0.3) is 0 Å². The van der Waals surface area contributed by atoms with Crippen LogP contribution in [0, 0.1) is 0 Å². The minimum atomic E-state index is -3.15. The van der Waals surface area contributed by atoms with Gasteiger partial charge in [-0.05, 0) is 50.3 Å². The van der Waals surface area contributed by atoms with Gasteiger partial charge in [0.2, 0.25) is 0 Å². The van der Waals surface area contributed by atoms with Crippen LogP contribution in [-0.2, 0) is 9.84 Å². The smallest absolute Gasteiger partial charge is 0.180 e. The molecule has 106 valence electrons. The lowest BCUT2D eigenvalue weighted by atomic mass is 9.98. The van der Waals surface area contributed by atoms with E-state index >= 15 is 0 Å². The van der Waals surface area contributed by atoms with Crippen LogP contribution in [0.2, 0.25) is 0 Å². The highest BCUT2D eigenvalue weighted by Gasteiger charge is 2.18. The van der Waals surface area contributed by atoms with Crippen molar-refractivity contribution in [2.45, 2.75) is 56.6 Å². The molecule has 1 unspecified atom stereocenters. The van der Waals surface area contributed by atoms with E-state index < -0.39 is 9.84 Å². The molecule has 1 aromatic carbocycles. The molecule has 0 N–H and O–H groups in total. The van der Waals surface area contributed by atoms with Gasteiger partial charge in [-0.15, -0.1) is 0 Å². The van der Waals surface area contributed by atoms with Crippen molar-refractivity contribution in [3.63, 3.8) is 0 Å². The predicted octanol–water partition coefficient (Wildman–Crippen LogP) is 4.33. The third-order valence-corrected chi connectivity index (χ3v) is 5.46. The van der Waals surface area contributed by atoms with Crippen molar-refractivity contribution in [3.8, 4) is 0 Å². The van der Waals surface area contributed by atoms with Crippen molar-refractivity contribution in [3.05, 3.63) is 42.0 Å². The molecular weight excluding hydrogens is 256 g/mol. The zero-order chi connectivity index (χ0) is 14.5. The Morgan fingerprint density at radius 1 is 1.05 bits per heavy atom. The Balaban J connectivity index is 2.85. The Bertz CT molecular complexity index is 510. The highest BCUT2D eigenvalue weighted by Crippen LogP contribution is 2.23. The van der Waals surface area contributed by atoms with Crippen molar-refractivity contribution >= 4 is 9.84 Å². The van der Waals surface area contributed by atoms with Crippen LogP contribution in [0.5, 0.6) is 0 Å². The number of benzene rings is 1. The van der Waals surface area contributed by atoms with Crippen LogP contribution in [-0.4, -0.2) is 13.7 Å². The molecule has 0 aromatic heterocycles. The molecule has 0 radical (unpaired) electrons. The van der Waals surface area contributed by atoms with Gasteiger partial charge in [0.25, 0.3) is 0 Å². The first-order valence-electron chi connectivity index (χ1n) is 6.88. The van der Waals surface area contributed by atoms with Gasteiger partial charge in [0.15, 0.2) is 9.84 Å². The summed E-state index contributed by atoms with van der Waals surface area (Å²) in [5.74, 6) is 0.415. The van der Waals surface area contributed by atoms with Gasteiger partial charge in [-0.3, -0.25) is 0 Å². The Morgan fingerprint density at radius 3 is 2.11 bits per heavy atom. The summed E-state index contributed by atoms with van der Waals surface area (Å²) >= 11 is 0. The summed E-state index contributed by atoms with van der Waals surface area (Å²) in [5.41, 5.74) is 1.18. The van der Waals surface area contributed by atoms with Crippen LogP contribution in [0.4, 0.5) is 0 Å². The van der Waals surface area contributed by atoms with Gasteiger partial charge in [0.1, 0.15) is 0 Å². The van der Waals surface area contributed by atoms with E-state index in [-0.39, 0.29) is 5.25 Å². The topological polar surface area (TPSA) is 34.1 Å². The molecule has 1 atom stereocenters. The zero-order valence-electron chi connectivity index (χ0n) is 12.3. The van der Waals surface area contributed by atoms with Crippen LogP contribution in [0.3, 0.4) is 0 Å². The van der Waals surface area contributed by atoms with E-state index in [1.165, 1.54) is 5.56 Å². The number of rotatable bonds is 6. The van der Waals surface area contributed by atoms with E-state index in [0.29, 0.717) is 10.8 Å². The number of sulfone groups is 1. The highest BCUT2D eigenvalue weighted by molar-refractivity contribution is 7.92. The van der Waals surface area contributed by atoms with E-state index in [9.17, 15) is 8.42 Å². The Kier molecular flexibility index (Phi) is 5.80. The summed E-state index contributed by atoms with van der Waals surface area (Å²) in [5, 5.41) is -0.372. The van der Waals surface area contributed by atoms with Crippen LogP contribution in [0.1, 0.15) is 52.0 Å². The van der Waals surface area contributed by atoms with Crippen molar-refractivity contribution in [2.75, 3.05) is 0 Å². The standard InChI is InChI=1S/C16H24O2S/c1-5-6-7-8-14(4)15-9-11-16(12-10-15)19(17,18)13(2)3/h6-7,9-14H,5,8H2,1-4H3/b7-6-. The molecule has 0 aliphatic rings. The lowest BCUT2D eigenvalue weighted by Crippen LogP contribution is -2.13. The summed E-state index contributed by atoms with van der Waals surface area (Å²) in [4.78, 5) is 0.419. The summed E-state index contributed by atoms with van der Waals surface area (Å²) in [6.45, 7) is 7.70. The average molecular weight is 280 g/mol. The highest BCUT2D eigenvalue weighted by atomic mass is 32.2. The van der Waals surface area contributed by atoms with E-state index in [1.54, 1.807) is 26.0 Å². The first kappa shape index (κ1) is 16.0. The zero-order valence-corrected chi connectivity index (χ0v) is 13.1. The lowest BCUT2D eigenvalue weighted by molar-refractivity contribution is 0.587. The molecular formula is C16H24O2S. The van der Waals surface area contributed by atoms with Crippen LogP contribution in [0.15, 0.2) is 41.3 Å². The summed E-state index contributed by atoms with van der Waals surface area (Å²) in [6, 6.07) is 7.31. The van der Waals surface area contributed by atoms with Gasteiger partial charge >= 0.3 is 0 Å². The summed E-state index contributed by atoms with van der Waals surface area (Å²) in [6.07, 6.45) is 6.39. The van der Waals surface area contributed by atoms with Gasteiger partial charge in [-0.25, -0.2) is 8.42 Å². The first-order valence-corrected chi connectivity index (χ1v) is 8.43. The van der Waals surface area contributed by atoms with E-state index in [0.717, 1.165) is 12.8 Å². The van der Waals surface area contributed by atoms with E-state index in [4.69, 9.17) is 0 Å². The second-order valence-electron chi connectivity index (χ2n) is 5.18. The monoisotopic (exact) mass is 280 g/mol. The van der Waals surface area contributed by atoms with Gasteiger partial charge in [0.05, 0.1) is 10.1 Å². The number of hydrogen-bond acceptors (Lipinski definition) is 2. The van der Waals surface area contributed by atoms with Crippen molar-refractivity contribution in [1.82, 2.24) is 0 Å². The number of allylic oxidation sites excluding steroid dienone is 2. The molecule has 0 spiro atoms. The first-order chi connectivity index (χ1) is 8.89. The molecule has 0 amide bonds. The molecule has 2 nitrogen and oxygen atoms in total. The Labute approximate surface area is 117 Å².